The molecule has 1 fully saturated rings. The monoisotopic (exact) mass is 401 g/mol. The summed E-state index contributed by atoms with van der Waals surface area (Å²) in [4.78, 5) is 16.9. The minimum absolute atomic E-state index is 0.0554. The molecule has 0 aliphatic carbocycles. The first-order valence-electron chi connectivity index (χ1n) is 10.4. The van der Waals surface area contributed by atoms with Gasteiger partial charge in [-0.25, -0.2) is 4.79 Å². The zero-order chi connectivity index (χ0) is 20.8. The molecule has 0 unspecified atom stereocenters. The molecule has 0 bridgehead atoms. The first-order valence-corrected chi connectivity index (χ1v) is 10.4. The van der Waals surface area contributed by atoms with Gasteiger partial charge in [-0.15, -0.1) is 0 Å². The highest BCUT2D eigenvalue weighted by atomic mass is 16.5. The van der Waals surface area contributed by atoms with Crippen LogP contribution >= 0.6 is 0 Å². The van der Waals surface area contributed by atoms with Crippen molar-refractivity contribution >= 4 is 17.4 Å². The maximum Gasteiger partial charge on any atom is 0.321 e. The molecule has 0 radical (unpaired) electrons. The quantitative estimate of drug-likeness (QED) is 0.646. The average Bonchev–Trinajstić information content (AvgIpc) is 2.81. The number of amides is 2. The van der Waals surface area contributed by atoms with Gasteiger partial charge in [-0.1, -0.05) is 54.6 Å². The van der Waals surface area contributed by atoms with E-state index < -0.39 is 0 Å². The Morgan fingerprint density at radius 1 is 0.833 bits per heavy atom. The standard InChI is InChI=1S/C25H27N3O2/c1-2-30-24-11-7-6-10-23(24)27-16-18-28(19-17-27)25(29)26-22-14-12-21(13-15-22)20-8-4-3-5-9-20/h3-15H,2,16-19H2,1H3,(H,26,29). The van der Waals surface area contributed by atoms with E-state index in [1.165, 1.54) is 5.56 Å². The van der Waals surface area contributed by atoms with Gasteiger partial charge in [0.1, 0.15) is 5.75 Å². The molecule has 1 saturated heterocycles. The Balaban J connectivity index is 1.34. The van der Waals surface area contributed by atoms with Gasteiger partial charge in [0, 0.05) is 31.9 Å². The van der Waals surface area contributed by atoms with E-state index in [-0.39, 0.29) is 6.03 Å². The molecule has 1 aliphatic heterocycles. The van der Waals surface area contributed by atoms with Crippen LogP contribution in [0.2, 0.25) is 0 Å². The molecule has 4 rings (SSSR count). The maximum absolute atomic E-state index is 12.7. The second-order valence-corrected chi connectivity index (χ2v) is 7.25. The Labute approximate surface area is 177 Å². The summed E-state index contributed by atoms with van der Waals surface area (Å²) in [6.07, 6.45) is 0. The molecule has 0 aromatic heterocycles. The van der Waals surface area contributed by atoms with E-state index in [0.717, 1.165) is 35.8 Å². The molecule has 5 heteroatoms. The van der Waals surface area contributed by atoms with Crippen LogP contribution in [0.4, 0.5) is 16.2 Å². The number of hydrogen-bond donors (Lipinski definition) is 1. The maximum atomic E-state index is 12.7. The zero-order valence-electron chi connectivity index (χ0n) is 17.3. The van der Waals surface area contributed by atoms with Crippen LogP contribution in [-0.4, -0.2) is 43.7 Å². The lowest BCUT2D eigenvalue weighted by atomic mass is 10.1. The number of piperazine rings is 1. The highest BCUT2D eigenvalue weighted by Crippen LogP contribution is 2.29. The van der Waals surface area contributed by atoms with Crippen LogP contribution in [0.15, 0.2) is 78.9 Å². The number of anilines is 2. The minimum Gasteiger partial charge on any atom is -0.492 e. The van der Waals surface area contributed by atoms with Gasteiger partial charge in [0.05, 0.1) is 12.3 Å². The fourth-order valence-corrected chi connectivity index (χ4v) is 3.73. The Morgan fingerprint density at radius 2 is 1.47 bits per heavy atom. The van der Waals surface area contributed by atoms with Gasteiger partial charge in [0.25, 0.3) is 0 Å². The van der Waals surface area contributed by atoms with Crippen molar-refractivity contribution in [3.05, 3.63) is 78.9 Å². The molecule has 2 amide bonds. The molecule has 30 heavy (non-hydrogen) atoms. The van der Waals surface area contributed by atoms with Crippen molar-refractivity contribution in [2.24, 2.45) is 0 Å². The van der Waals surface area contributed by atoms with Gasteiger partial charge in [0.2, 0.25) is 0 Å². The summed E-state index contributed by atoms with van der Waals surface area (Å²) in [7, 11) is 0. The molecule has 3 aromatic carbocycles. The second-order valence-electron chi connectivity index (χ2n) is 7.25. The molecule has 0 saturated carbocycles. The Bertz CT molecular complexity index is 965. The summed E-state index contributed by atoms with van der Waals surface area (Å²) in [5.41, 5.74) is 4.20. The fourth-order valence-electron chi connectivity index (χ4n) is 3.73. The summed E-state index contributed by atoms with van der Waals surface area (Å²) in [5, 5.41) is 3.02. The molecular formula is C25H27N3O2. The third-order valence-electron chi connectivity index (χ3n) is 5.32. The van der Waals surface area contributed by atoms with Crippen molar-refractivity contribution in [1.82, 2.24) is 4.90 Å². The molecule has 0 spiro atoms. The fraction of sp³-hybridized carbons (Fsp3) is 0.240. The smallest absolute Gasteiger partial charge is 0.321 e. The van der Waals surface area contributed by atoms with E-state index in [1.54, 1.807) is 0 Å². The highest BCUT2D eigenvalue weighted by molar-refractivity contribution is 5.90. The second kappa shape index (κ2) is 9.35. The van der Waals surface area contributed by atoms with Crippen LogP contribution in [-0.2, 0) is 0 Å². The molecular weight excluding hydrogens is 374 g/mol. The van der Waals surface area contributed by atoms with Gasteiger partial charge in [-0.05, 0) is 42.3 Å². The number of rotatable bonds is 5. The number of nitrogens with one attached hydrogen (secondary N) is 1. The van der Waals surface area contributed by atoms with Gasteiger partial charge in [-0.3, -0.25) is 0 Å². The highest BCUT2D eigenvalue weighted by Gasteiger charge is 2.23. The number of carbonyl (C=O) groups is 1. The molecule has 1 heterocycles. The van der Waals surface area contributed by atoms with E-state index in [2.05, 4.69) is 28.4 Å². The number of hydrogen-bond acceptors (Lipinski definition) is 3. The van der Waals surface area contributed by atoms with E-state index >= 15 is 0 Å². The largest absolute Gasteiger partial charge is 0.492 e. The first kappa shape index (κ1) is 19.8. The predicted octanol–water partition coefficient (Wildman–Crippen LogP) is 5.11. The van der Waals surface area contributed by atoms with Crippen molar-refractivity contribution in [3.63, 3.8) is 0 Å². The molecule has 5 nitrogen and oxygen atoms in total. The van der Waals surface area contributed by atoms with Crippen LogP contribution in [0.1, 0.15) is 6.92 Å². The van der Waals surface area contributed by atoms with Gasteiger partial charge >= 0.3 is 6.03 Å². The lowest BCUT2D eigenvalue weighted by Crippen LogP contribution is -2.50. The Morgan fingerprint density at radius 3 is 2.17 bits per heavy atom. The zero-order valence-corrected chi connectivity index (χ0v) is 17.3. The van der Waals surface area contributed by atoms with Crippen molar-refractivity contribution in [3.8, 4) is 16.9 Å². The minimum atomic E-state index is -0.0554. The van der Waals surface area contributed by atoms with Crippen molar-refractivity contribution < 1.29 is 9.53 Å². The normalized spacial score (nSPS) is 13.8. The number of urea groups is 1. The van der Waals surface area contributed by atoms with E-state index in [0.29, 0.717) is 19.7 Å². The topological polar surface area (TPSA) is 44.8 Å². The lowest BCUT2D eigenvalue weighted by Gasteiger charge is -2.36. The molecule has 154 valence electrons. The molecule has 1 aliphatic rings. The summed E-state index contributed by atoms with van der Waals surface area (Å²) in [6.45, 7) is 5.55. The number of benzene rings is 3. The van der Waals surface area contributed by atoms with Crippen LogP contribution < -0.4 is 15.0 Å². The third-order valence-corrected chi connectivity index (χ3v) is 5.32. The number of nitrogens with zero attached hydrogens (tertiary/aromatic N) is 2. The predicted molar refractivity (Wildman–Crippen MR) is 122 cm³/mol. The number of carbonyl (C=O) groups excluding carboxylic acids is 1. The van der Waals surface area contributed by atoms with Crippen molar-refractivity contribution in [2.75, 3.05) is 43.0 Å². The number of para-hydroxylation sites is 2. The van der Waals surface area contributed by atoms with Gasteiger partial charge in [-0.2, -0.15) is 0 Å². The Hall–Kier alpha value is -3.47. The third kappa shape index (κ3) is 4.57. The van der Waals surface area contributed by atoms with Gasteiger partial charge < -0.3 is 19.9 Å². The van der Waals surface area contributed by atoms with Crippen molar-refractivity contribution in [1.29, 1.82) is 0 Å². The van der Waals surface area contributed by atoms with Crippen molar-refractivity contribution in [2.45, 2.75) is 6.92 Å². The summed E-state index contributed by atoms with van der Waals surface area (Å²) in [6, 6.07) is 26.2. The summed E-state index contributed by atoms with van der Waals surface area (Å²) < 4.78 is 5.75. The van der Waals surface area contributed by atoms with Crippen LogP contribution in [0.25, 0.3) is 11.1 Å². The van der Waals surface area contributed by atoms with E-state index in [4.69, 9.17) is 4.74 Å². The summed E-state index contributed by atoms with van der Waals surface area (Å²) >= 11 is 0. The number of ether oxygens (including phenoxy) is 1. The van der Waals surface area contributed by atoms with E-state index in [1.807, 2.05) is 72.5 Å². The molecule has 3 aromatic rings. The van der Waals surface area contributed by atoms with Crippen LogP contribution in [0, 0.1) is 0 Å². The summed E-state index contributed by atoms with van der Waals surface area (Å²) in [5.74, 6) is 0.899. The molecule has 0 atom stereocenters. The SMILES string of the molecule is CCOc1ccccc1N1CCN(C(=O)Nc2ccc(-c3ccccc3)cc2)CC1. The van der Waals surface area contributed by atoms with Crippen LogP contribution in [0.3, 0.4) is 0 Å². The lowest BCUT2D eigenvalue weighted by molar-refractivity contribution is 0.208. The van der Waals surface area contributed by atoms with Crippen LogP contribution in [0.5, 0.6) is 5.75 Å². The Kier molecular flexibility index (Phi) is 6.18. The van der Waals surface area contributed by atoms with E-state index in [9.17, 15) is 4.79 Å². The molecule has 1 N–H and O–H groups in total. The average molecular weight is 402 g/mol. The first-order chi connectivity index (χ1) is 14.7. The van der Waals surface area contributed by atoms with Gasteiger partial charge in [0.15, 0.2) is 0 Å².